The lowest BCUT2D eigenvalue weighted by Gasteiger charge is -2.35. The van der Waals surface area contributed by atoms with Crippen LogP contribution in [0.3, 0.4) is 0 Å². The van der Waals surface area contributed by atoms with E-state index in [2.05, 4.69) is 21.2 Å². The molecule has 0 saturated heterocycles. The number of hydrogen-bond acceptors (Lipinski definition) is 5. The summed E-state index contributed by atoms with van der Waals surface area (Å²) >= 11 is 3.50. The number of nitrogens with zero attached hydrogens (tertiary/aromatic N) is 2. The highest BCUT2D eigenvalue weighted by Gasteiger charge is 2.35. The molecule has 236 valence electrons. The van der Waals surface area contributed by atoms with E-state index < -0.39 is 34.1 Å². The van der Waals surface area contributed by atoms with Crippen LogP contribution in [0.25, 0.3) is 0 Å². The summed E-state index contributed by atoms with van der Waals surface area (Å²) in [5, 5.41) is 3.04. The molecule has 1 N–H and O–H groups in total. The Morgan fingerprint density at radius 2 is 1.44 bits per heavy atom. The van der Waals surface area contributed by atoms with Gasteiger partial charge >= 0.3 is 0 Å². The zero-order chi connectivity index (χ0) is 32.6. The van der Waals surface area contributed by atoms with Gasteiger partial charge in [-0.05, 0) is 80.4 Å². The highest BCUT2D eigenvalue weighted by atomic mass is 79.9. The summed E-state index contributed by atoms with van der Waals surface area (Å²) in [4.78, 5) is 30.0. The SMILES string of the molecule is COc1ccc(N(CC(=O)N(Cc2cccc(Br)c2)[C@@H](Cc2ccccc2)C(=O)NC(C)(C)C)S(=O)(=O)c2ccccc2)cc1. The highest BCUT2D eigenvalue weighted by Crippen LogP contribution is 2.27. The van der Waals surface area contributed by atoms with Crippen LogP contribution in [0.2, 0.25) is 0 Å². The lowest BCUT2D eigenvalue weighted by Crippen LogP contribution is -2.56. The minimum absolute atomic E-state index is 0.0402. The smallest absolute Gasteiger partial charge is 0.264 e. The first kappa shape index (κ1) is 33.7. The molecule has 8 nitrogen and oxygen atoms in total. The van der Waals surface area contributed by atoms with Crippen molar-refractivity contribution in [3.8, 4) is 5.75 Å². The number of halogens is 1. The first-order valence-corrected chi connectivity index (χ1v) is 16.7. The van der Waals surface area contributed by atoms with E-state index in [0.717, 1.165) is 19.9 Å². The summed E-state index contributed by atoms with van der Waals surface area (Å²) in [6.45, 7) is 5.18. The molecule has 10 heteroatoms. The quantitative estimate of drug-likeness (QED) is 0.191. The Morgan fingerprint density at radius 3 is 2.02 bits per heavy atom. The van der Waals surface area contributed by atoms with Crippen molar-refractivity contribution in [2.75, 3.05) is 18.0 Å². The van der Waals surface area contributed by atoms with Crippen molar-refractivity contribution in [2.24, 2.45) is 0 Å². The van der Waals surface area contributed by atoms with Crippen molar-refractivity contribution < 1.29 is 22.7 Å². The number of benzene rings is 4. The number of rotatable bonds is 12. The monoisotopic (exact) mass is 691 g/mol. The average molecular weight is 693 g/mol. The molecule has 0 saturated carbocycles. The summed E-state index contributed by atoms with van der Waals surface area (Å²) in [5.41, 5.74) is 1.36. The van der Waals surface area contributed by atoms with Gasteiger partial charge in [-0.3, -0.25) is 13.9 Å². The molecule has 1 atom stereocenters. The number of anilines is 1. The molecular formula is C35H38BrN3O5S. The minimum Gasteiger partial charge on any atom is -0.497 e. The number of ether oxygens (including phenoxy) is 1. The van der Waals surface area contributed by atoms with E-state index >= 15 is 0 Å². The maximum atomic E-state index is 14.5. The number of sulfonamides is 1. The van der Waals surface area contributed by atoms with Crippen LogP contribution >= 0.6 is 15.9 Å². The molecule has 45 heavy (non-hydrogen) atoms. The molecule has 4 rings (SSSR count). The average Bonchev–Trinajstić information content (AvgIpc) is 3.01. The summed E-state index contributed by atoms with van der Waals surface area (Å²) < 4.78 is 35.3. The van der Waals surface area contributed by atoms with E-state index in [0.29, 0.717) is 5.75 Å². The van der Waals surface area contributed by atoms with Gasteiger partial charge in [0.1, 0.15) is 18.3 Å². The Kier molecular flexibility index (Phi) is 11.1. The summed E-state index contributed by atoms with van der Waals surface area (Å²) in [6.07, 6.45) is 0.233. The Balaban J connectivity index is 1.81. The fraction of sp³-hybridized carbons (Fsp3) is 0.257. The molecule has 4 aromatic rings. The molecule has 2 amide bonds. The second-order valence-electron chi connectivity index (χ2n) is 11.6. The zero-order valence-electron chi connectivity index (χ0n) is 25.8. The molecule has 0 radical (unpaired) electrons. The van der Waals surface area contributed by atoms with Crippen LogP contribution in [0.1, 0.15) is 31.9 Å². The van der Waals surface area contributed by atoms with Crippen LogP contribution in [-0.4, -0.2) is 50.4 Å². The second-order valence-corrected chi connectivity index (χ2v) is 14.4. The first-order valence-electron chi connectivity index (χ1n) is 14.5. The van der Waals surface area contributed by atoms with Gasteiger partial charge in [0, 0.05) is 23.0 Å². The van der Waals surface area contributed by atoms with Gasteiger partial charge in [0.15, 0.2) is 0 Å². The largest absolute Gasteiger partial charge is 0.497 e. The third-order valence-electron chi connectivity index (χ3n) is 6.98. The fourth-order valence-corrected chi connectivity index (χ4v) is 6.72. The Morgan fingerprint density at radius 1 is 0.844 bits per heavy atom. The van der Waals surface area contributed by atoms with Crippen LogP contribution in [0, 0.1) is 0 Å². The summed E-state index contributed by atoms with van der Waals surface area (Å²) in [7, 11) is -2.66. The van der Waals surface area contributed by atoms with Crippen LogP contribution in [0.5, 0.6) is 5.75 Å². The molecule has 0 aromatic heterocycles. The Labute approximate surface area is 274 Å². The van der Waals surface area contributed by atoms with E-state index in [4.69, 9.17) is 4.74 Å². The van der Waals surface area contributed by atoms with Gasteiger partial charge in [0.2, 0.25) is 11.8 Å². The molecule has 4 aromatic carbocycles. The summed E-state index contributed by atoms with van der Waals surface area (Å²) in [6, 6.07) is 30.4. The standard InChI is InChI=1S/C35H38BrN3O5S/c1-35(2,3)37-34(41)32(23-26-12-7-5-8-13-26)38(24-27-14-11-15-28(36)22-27)33(40)25-39(29-18-20-30(44-4)21-19-29)45(42,43)31-16-9-6-10-17-31/h5-22,32H,23-25H2,1-4H3,(H,37,41)/t32-/m0/s1. The van der Waals surface area contributed by atoms with E-state index in [-0.39, 0.29) is 29.5 Å². The normalized spacial score (nSPS) is 12.2. The number of carbonyl (C=O) groups excluding carboxylic acids is 2. The van der Waals surface area contributed by atoms with Gasteiger partial charge in [0.25, 0.3) is 10.0 Å². The van der Waals surface area contributed by atoms with Crippen molar-refractivity contribution in [1.82, 2.24) is 10.2 Å². The van der Waals surface area contributed by atoms with E-state index in [1.54, 1.807) is 42.5 Å². The molecule has 0 aliphatic carbocycles. The molecule has 0 heterocycles. The Hall–Kier alpha value is -4.15. The number of hydrogen-bond donors (Lipinski definition) is 1. The fourth-order valence-electron chi connectivity index (χ4n) is 4.84. The van der Waals surface area contributed by atoms with Gasteiger partial charge in [-0.15, -0.1) is 0 Å². The molecular weight excluding hydrogens is 654 g/mol. The first-order chi connectivity index (χ1) is 21.4. The molecule has 0 spiro atoms. The van der Waals surface area contributed by atoms with Gasteiger partial charge < -0.3 is 15.0 Å². The molecule has 0 aliphatic rings. The summed E-state index contributed by atoms with van der Waals surface area (Å²) in [5.74, 6) is -0.327. The zero-order valence-corrected chi connectivity index (χ0v) is 28.2. The third-order valence-corrected chi connectivity index (χ3v) is 9.26. The lowest BCUT2D eigenvalue weighted by atomic mass is 10.0. The van der Waals surface area contributed by atoms with Crippen molar-refractivity contribution >= 4 is 43.5 Å². The van der Waals surface area contributed by atoms with Crippen LogP contribution in [0.15, 0.2) is 119 Å². The molecule has 0 aliphatic heterocycles. The minimum atomic E-state index is -4.18. The van der Waals surface area contributed by atoms with Crippen molar-refractivity contribution in [1.29, 1.82) is 0 Å². The number of carbonyl (C=O) groups is 2. The molecule has 0 unspecified atom stereocenters. The van der Waals surface area contributed by atoms with Crippen molar-refractivity contribution in [3.63, 3.8) is 0 Å². The van der Waals surface area contributed by atoms with Crippen molar-refractivity contribution in [3.05, 3.63) is 125 Å². The molecule has 0 fully saturated rings. The third kappa shape index (κ3) is 9.18. The maximum absolute atomic E-state index is 14.5. The van der Waals surface area contributed by atoms with Gasteiger partial charge in [-0.2, -0.15) is 0 Å². The topological polar surface area (TPSA) is 96.0 Å². The van der Waals surface area contributed by atoms with E-state index in [1.165, 1.54) is 24.1 Å². The van der Waals surface area contributed by atoms with Crippen LogP contribution in [-0.2, 0) is 32.6 Å². The number of nitrogens with one attached hydrogen (secondary N) is 1. The second kappa shape index (κ2) is 14.8. The number of amides is 2. The van der Waals surface area contributed by atoms with E-state index in [9.17, 15) is 18.0 Å². The predicted octanol–water partition coefficient (Wildman–Crippen LogP) is 6.21. The van der Waals surface area contributed by atoms with Crippen LogP contribution < -0.4 is 14.4 Å². The molecule has 0 bridgehead atoms. The van der Waals surface area contributed by atoms with Crippen molar-refractivity contribution in [2.45, 2.75) is 50.2 Å². The van der Waals surface area contributed by atoms with Gasteiger partial charge in [0.05, 0.1) is 17.7 Å². The highest BCUT2D eigenvalue weighted by molar-refractivity contribution is 9.10. The maximum Gasteiger partial charge on any atom is 0.264 e. The lowest BCUT2D eigenvalue weighted by molar-refractivity contribution is -0.140. The Bertz CT molecular complexity index is 1690. The van der Waals surface area contributed by atoms with Crippen LogP contribution in [0.4, 0.5) is 5.69 Å². The van der Waals surface area contributed by atoms with Gasteiger partial charge in [-0.25, -0.2) is 8.42 Å². The number of methoxy groups -OCH3 is 1. The predicted molar refractivity (Wildman–Crippen MR) is 180 cm³/mol. The van der Waals surface area contributed by atoms with Gasteiger partial charge in [-0.1, -0.05) is 76.6 Å². The van der Waals surface area contributed by atoms with E-state index in [1.807, 2.05) is 75.4 Å².